The molecular weight excluding hydrogens is 500 g/mol. The first-order valence-corrected chi connectivity index (χ1v) is 12.6. The van der Waals surface area contributed by atoms with Crippen molar-refractivity contribution in [3.8, 4) is 5.75 Å². The third-order valence-electron chi connectivity index (χ3n) is 6.88. The van der Waals surface area contributed by atoms with E-state index in [0.29, 0.717) is 23.7 Å². The largest absolute Gasteiger partial charge is 0.426 e. The average Bonchev–Trinajstić information content (AvgIpc) is 3.55. The van der Waals surface area contributed by atoms with Crippen LogP contribution < -0.4 is 15.4 Å². The van der Waals surface area contributed by atoms with Crippen LogP contribution >= 0.6 is 24.0 Å². The van der Waals surface area contributed by atoms with E-state index in [1.54, 1.807) is 6.20 Å². The molecule has 2 saturated heterocycles. The number of rotatable bonds is 2. The molecule has 2 fully saturated rings. The Labute approximate surface area is 220 Å². The maximum atomic E-state index is 13.0. The van der Waals surface area contributed by atoms with Crippen LogP contribution in [0, 0.1) is 0 Å². The molecule has 3 aromatic rings. The van der Waals surface area contributed by atoms with E-state index in [2.05, 4.69) is 22.5 Å². The molecule has 4 heterocycles. The fourth-order valence-electron chi connectivity index (χ4n) is 5.08. The molecule has 3 aliphatic rings. The van der Waals surface area contributed by atoms with Crippen molar-refractivity contribution in [3.63, 3.8) is 0 Å². The number of thiol groups is 1. The van der Waals surface area contributed by atoms with Crippen molar-refractivity contribution in [1.82, 2.24) is 9.88 Å². The Bertz CT molecular complexity index is 1190. The van der Waals surface area contributed by atoms with Gasteiger partial charge in [0.1, 0.15) is 5.75 Å². The molecule has 6 N–H and O–H groups in total. The number of carbonyl (C=O) groups is 2. The van der Waals surface area contributed by atoms with Gasteiger partial charge in [-0.1, -0.05) is 18.2 Å². The van der Waals surface area contributed by atoms with E-state index in [-0.39, 0.29) is 30.3 Å². The zero-order valence-electron chi connectivity index (χ0n) is 19.6. The first-order chi connectivity index (χ1) is 16.5. The predicted molar refractivity (Wildman–Crippen MR) is 145 cm³/mol. The Morgan fingerprint density at radius 2 is 1.75 bits per heavy atom. The summed E-state index contributed by atoms with van der Waals surface area (Å²) in [6, 6.07) is 15.3. The van der Waals surface area contributed by atoms with Crippen LogP contribution in [-0.2, 0) is 15.0 Å². The Kier molecular flexibility index (Phi) is 8.75. The number of ether oxygens (including phenoxy) is 1. The number of hydrogen-bond acceptors (Lipinski definition) is 8. The molecule has 6 rings (SSSR count). The van der Waals surface area contributed by atoms with Crippen LogP contribution in [0.15, 0.2) is 65.0 Å². The number of para-hydroxylation sites is 1. The molecule has 1 amide bonds. The van der Waals surface area contributed by atoms with Crippen molar-refractivity contribution in [2.24, 2.45) is 0 Å². The van der Waals surface area contributed by atoms with Crippen molar-refractivity contribution in [3.05, 3.63) is 65.7 Å². The highest BCUT2D eigenvalue weighted by Crippen LogP contribution is 2.46. The maximum absolute atomic E-state index is 13.0. The van der Waals surface area contributed by atoms with Gasteiger partial charge in [0.05, 0.1) is 11.5 Å². The van der Waals surface area contributed by atoms with E-state index in [1.165, 1.54) is 11.3 Å². The minimum Gasteiger partial charge on any atom is -0.426 e. The van der Waals surface area contributed by atoms with E-state index in [4.69, 9.17) is 10.5 Å². The molecule has 0 bridgehead atoms. The molecule has 0 saturated carbocycles. The molecule has 1 atom stereocenters. The van der Waals surface area contributed by atoms with Crippen LogP contribution in [0.3, 0.4) is 0 Å². The van der Waals surface area contributed by atoms with Gasteiger partial charge in [-0.05, 0) is 49.6 Å². The van der Waals surface area contributed by atoms with E-state index < -0.39 is 5.41 Å². The number of aromatic nitrogens is 1. The molecule has 194 valence electrons. The fourth-order valence-corrected chi connectivity index (χ4v) is 5.61. The minimum absolute atomic E-state index is 0. The van der Waals surface area contributed by atoms with Crippen LogP contribution in [0.25, 0.3) is 0 Å². The zero-order valence-corrected chi connectivity index (χ0v) is 21.3. The van der Waals surface area contributed by atoms with E-state index in [9.17, 15) is 9.59 Å². The number of thiazole rings is 1. The Balaban J connectivity index is 0.000000475. The Morgan fingerprint density at radius 3 is 2.36 bits per heavy atom. The summed E-state index contributed by atoms with van der Waals surface area (Å²) in [5, 5.41) is 2.48. The van der Waals surface area contributed by atoms with Gasteiger partial charge < -0.3 is 26.3 Å². The molecule has 0 unspecified atom stereocenters. The van der Waals surface area contributed by atoms with Crippen LogP contribution in [-0.4, -0.2) is 58.4 Å². The van der Waals surface area contributed by atoms with Gasteiger partial charge in [-0.15, -0.1) is 24.0 Å². The van der Waals surface area contributed by atoms with Crippen molar-refractivity contribution < 1.29 is 26.7 Å². The number of esters is 1. The Hall–Kier alpha value is -2.96. The lowest BCUT2D eigenvalue weighted by Gasteiger charge is -2.39. The van der Waals surface area contributed by atoms with Crippen molar-refractivity contribution >= 4 is 46.7 Å². The van der Waals surface area contributed by atoms with Crippen molar-refractivity contribution in [1.29, 1.82) is 0 Å². The second-order valence-corrected chi connectivity index (χ2v) is 10.1. The normalized spacial score (nSPS) is 20.0. The summed E-state index contributed by atoms with van der Waals surface area (Å²) in [6.45, 7) is 2.18. The van der Waals surface area contributed by atoms with Crippen molar-refractivity contribution in [2.75, 3.05) is 30.3 Å². The number of nitrogen functional groups attached to an aromatic ring is 1. The van der Waals surface area contributed by atoms with Gasteiger partial charge in [0.2, 0.25) is 5.91 Å². The summed E-state index contributed by atoms with van der Waals surface area (Å²) in [5.41, 5.74) is 6.57. The summed E-state index contributed by atoms with van der Waals surface area (Å²) in [5.74, 6) is 0.702. The molecule has 9 nitrogen and oxygen atoms in total. The van der Waals surface area contributed by atoms with Crippen molar-refractivity contribution in [2.45, 2.75) is 35.6 Å². The molecule has 0 aliphatic carbocycles. The second-order valence-electron chi connectivity index (χ2n) is 8.68. The first-order valence-electron chi connectivity index (χ1n) is 11.3. The minimum atomic E-state index is -0.545. The number of nitrogens with zero attached hydrogens (tertiary/aromatic N) is 3. The highest BCUT2D eigenvalue weighted by atomic mass is 32.1. The predicted octanol–water partition coefficient (Wildman–Crippen LogP) is 2.36. The zero-order chi connectivity index (χ0) is 23.7. The Morgan fingerprint density at radius 1 is 1.06 bits per heavy atom. The topological polar surface area (TPSA) is 152 Å². The van der Waals surface area contributed by atoms with E-state index in [1.807, 2.05) is 58.8 Å². The summed E-state index contributed by atoms with van der Waals surface area (Å²) in [4.78, 5) is 34.4. The van der Waals surface area contributed by atoms with E-state index in [0.717, 1.165) is 42.2 Å². The number of likely N-dealkylation sites (tertiary alicyclic amines) is 1. The standard InChI is InChI=1S/C22H22N2O3S.C3H4N2S.2H2O.H2/c25-20-18(9-12-24(20)15-5-7-16(28)8-6-15)23-13-10-22(11-14-23)17-3-1-2-4-19(17)27-21(22)26;4-3-5-1-2-6-3;;;/h1-8,18,28H,9-14H2;1-2H,(H2,4,5);2*1H2;1H/t18-;;;;/m0..../s1. The number of fused-ring (bicyclic) bond motifs is 2. The number of piperidine rings is 1. The fraction of sp³-hybridized carbons (Fsp3) is 0.320. The van der Waals surface area contributed by atoms with Gasteiger partial charge in [0.25, 0.3) is 0 Å². The van der Waals surface area contributed by atoms with E-state index >= 15 is 0 Å². The number of anilines is 2. The number of nitrogens with two attached hydrogens (primary N) is 1. The molecule has 3 aliphatic heterocycles. The molecule has 1 spiro atoms. The van der Waals surface area contributed by atoms with Gasteiger partial charge in [-0.2, -0.15) is 0 Å². The third kappa shape index (κ3) is 5.11. The summed E-state index contributed by atoms with van der Waals surface area (Å²) in [6.07, 6.45) is 3.89. The smallest absolute Gasteiger partial charge is 0.322 e. The molecule has 2 aromatic carbocycles. The summed E-state index contributed by atoms with van der Waals surface area (Å²) in [7, 11) is 0. The van der Waals surface area contributed by atoms with Gasteiger partial charge >= 0.3 is 5.97 Å². The second kappa shape index (κ2) is 11.4. The molecule has 0 radical (unpaired) electrons. The van der Waals surface area contributed by atoms with Crippen LogP contribution in [0.4, 0.5) is 10.8 Å². The number of benzene rings is 2. The third-order valence-corrected chi connectivity index (χ3v) is 7.78. The van der Waals surface area contributed by atoms with Gasteiger partial charge in [0.15, 0.2) is 5.13 Å². The average molecular weight is 533 g/mol. The lowest BCUT2D eigenvalue weighted by Crippen LogP contribution is -2.51. The molecule has 36 heavy (non-hydrogen) atoms. The number of carbonyl (C=O) groups excluding carboxylic acids is 2. The highest BCUT2D eigenvalue weighted by molar-refractivity contribution is 7.80. The maximum Gasteiger partial charge on any atom is 0.322 e. The quantitative estimate of drug-likeness (QED) is 0.294. The lowest BCUT2D eigenvalue weighted by molar-refractivity contribution is -0.140. The van der Waals surface area contributed by atoms with Crippen LogP contribution in [0.2, 0.25) is 0 Å². The lowest BCUT2D eigenvalue weighted by atomic mass is 9.73. The van der Waals surface area contributed by atoms with Crippen LogP contribution in [0.5, 0.6) is 5.75 Å². The number of hydrogen-bond donors (Lipinski definition) is 2. The van der Waals surface area contributed by atoms with Gasteiger partial charge in [-0.25, -0.2) is 4.98 Å². The molecule has 11 heteroatoms. The molecule has 1 aromatic heterocycles. The monoisotopic (exact) mass is 532 g/mol. The van der Waals surface area contributed by atoms with Gasteiger partial charge in [0, 0.05) is 48.8 Å². The highest BCUT2D eigenvalue weighted by Gasteiger charge is 2.52. The van der Waals surface area contributed by atoms with Gasteiger partial charge in [-0.3, -0.25) is 14.5 Å². The molecular formula is C25H32N4O5S2. The number of amides is 1. The summed E-state index contributed by atoms with van der Waals surface area (Å²) >= 11 is 5.76. The first kappa shape index (κ1) is 27.6. The summed E-state index contributed by atoms with van der Waals surface area (Å²) < 4.78 is 5.53. The SMILES string of the molecule is Nc1nccs1.O.O.O=C1[C@@H](N2CCC3(CC2)C(=O)Oc2ccccc23)CCN1c1ccc(S)cc1.[HH]. The van der Waals surface area contributed by atoms with Crippen LogP contribution in [0.1, 0.15) is 26.3 Å².